The fourth-order valence-electron chi connectivity index (χ4n) is 4.08. The van der Waals surface area contributed by atoms with E-state index in [1.54, 1.807) is 0 Å². The summed E-state index contributed by atoms with van der Waals surface area (Å²) in [6.07, 6.45) is 8.00. The van der Waals surface area contributed by atoms with Crippen LogP contribution in [0.3, 0.4) is 0 Å². The number of piperidine rings is 1. The first-order valence-electron chi connectivity index (χ1n) is 9.68. The molecule has 1 amide bonds. The Balaban J connectivity index is 1.26. The van der Waals surface area contributed by atoms with Gasteiger partial charge in [0.1, 0.15) is 5.52 Å². The number of hydrogen-bond donors (Lipinski definition) is 1. The Kier molecular flexibility index (Phi) is 4.90. The van der Waals surface area contributed by atoms with Gasteiger partial charge in [0.2, 0.25) is 5.91 Å². The van der Waals surface area contributed by atoms with Gasteiger partial charge in [-0.05, 0) is 43.7 Å². The summed E-state index contributed by atoms with van der Waals surface area (Å²) in [5, 5.41) is 3.20. The molecule has 1 aliphatic carbocycles. The van der Waals surface area contributed by atoms with Gasteiger partial charge in [-0.3, -0.25) is 4.79 Å². The fourth-order valence-corrected chi connectivity index (χ4v) is 4.08. The molecule has 1 saturated heterocycles. The van der Waals surface area contributed by atoms with Crippen molar-refractivity contribution in [3.05, 3.63) is 24.3 Å². The molecule has 2 heterocycles. The molecule has 4 rings (SSSR count). The number of nitrogens with zero attached hydrogens (tertiary/aromatic N) is 2. The average molecular weight is 341 g/mol. The van der Waals surface area contributed by atoms with Crippen LogP contribution in [0.4, 0.5) is 6.01 Å². The van der Waals surface area contributed by atoms with Crippen molar-refractivity contribution in [2.75, 3.05) is 24.5 Å². The Bertz CT molecular complexity index is 680. The van der Waals surface area contributed by atoms with Crippen molar-refractivity contribution in [3.8, 4) is 0 Å². The summed E-state index contributed by atoms with van der Waals surface area (Å²) in [4.78, 5) is 19.1. The number of oxazole rings is 1. The van der Waals surface area contributed by atoms with Gasteiger partial charge in [-0.1, -0.05) is 31.4 Å². The molecule has 25 heavy (non-hydrogen) atoms. The summed E-state index contributed by atoms with van der Waals surface area (Å²) in [5.74, 6) is 1.10. The summed E-state index contributed by atoms with van der Waals surface area (Å²) in [6, 6.07) is 8.62. The Morgan fingerprint density at radius 2 is 1.88 bits per heavy atom. The predicted molar refractivity (Wildman–Crippen MR) is 98.5 cm³/mol. The number of carbonyl (C=O) groups is 1. The highest BCUT2D eigenvalue weighted by molar-refractivity contribution is 5.78. The Hall–Kier alpha value is -2.04. The number of rotatable bonds is 4. The molecule has 1 aromatic heterocycles. The number of carbonyl (C=O) groups excluding carboxylic acids is 1. The molecule has 1 N–H and O–H groups in total. The van der Waals surface area contributed by atoms with Gasteiger partial charge in [-0.2, -0.15) is 4.98 Å². The van der Waals surface area contributed by atoms with Crippen molar-refractivity contribution < 1.29 is 9.21 Å². The van der Waals surface area contributed by atoms with E-state index >= 15 is 0 Å². The van der Waals surface area contributed by atoms with Gasteiger partial charge in [-0.25, -0.2) is 0 Å². The van der Waals surface area contributed by atoms with Gasteiger partial charge in [0.05, 0.1) is 0 Å². The van der Waals surface area contributed by atoms with Crippen molar-refractivity contribution in [2.24, 2.45) is 11.8 Å². The molecule has 2 aliphatic rings. The molecule has 0 radical (unpaired) electrons. The van der Waals surface area contributed by atoms with E-state index in [1.807, 2.05) is 24.3 Å². The lowest BCUT2D eigenvalue weighted by atomic mass is 9.88. The molecule has 0 bridgehead atoms. The van der Waals surface area contributed by atoms with Gasteiger partial charge in [0, 0.05) is 25.6 Å². The van der Waals surface area contributed by atoms with E-state index in [-0.39, 0.29) is 11.8 Å². The first-order chi connectivity index (χ1) is 12.3. The third-order valence-electron chi connectivity index (χ3n) is 5.71. The maximum Gasteiger partial charge on any atom is 0.298 e. The molecule has 2 aromatic rings. The summed E-state index contributed by atoms with van der Waals surface area (Å²) in [7, 11) is 0. The summed E-state index contributed by atoms with van der Waals surface area (Å²) in [5.41, 5.74) is 1.76. The second-order valence-electron chi connectivity index (χ2n) is 7.47. The Morgan fingerprint density at radius 1 is 1.12 bits per heavy atom. The number of benzene rings is 1. The largest absolute Gasteiger partial charge is 0.423 e. The Labute approximate surface area is 148 Å². The lowest BCUT2D eigenvalue weighted by Crippen LogP contribution is -2.40. The first kappa shape index (κ1) is 16.4. The van der Waals surface area contributed by atoms with Crippen LogP contribution in [0, 0.1) is 11.8 Å². The summed E-state index contributed by atoms with van der Waals surface area (Å²) in [6.45, 7) is 2.70. The van der Waals surface area contributed by atoms with Crippen LogP contribution in [0.1, 0.15) is 44.9 Å². The van der Waals surface area contributed by atoms with E-state index in [4.69, 9.17) is 4.42 Å². The van der Waals surface area contributed by atoms with E-state index < -0.39 is 0 Å². The van der Waals surface area contributed by atoms with Crippen LogP contribution in [0.5, 0.6) is 0 Å². The van der Waals surface area contributed by atoms with E-state index in [2.05, 4.69) is 15.2 Å². The molecule has 1 aliphatic heterocycles. The van der Waals surface area contributed by atoms with Crippen molar-refractivity contribution >= 4 is 23.0 Å². The number of nitrogens with one attached hydrogen (secondary N) is 1. The normalized spacial score (nSPS) is 20.1. The quantitative estimate of drug-likeness (QED) is 0.920. The molecule has 0 unspecified atom stereocenters. The molecular formula is C20H27N3O2. The van der Waals surface area contributed by atoms with Crippen molar-refractivity contribution in [2.45, 2.75) is 44.9 Å². The number of para-hydroxylation sites is 2. The molecular weight excluding hydrogens is 314 g/mol. The van der Waals surface area contributed by atoms with Crippen molar-refractivity contribution in [1.82, 2.24) is 10.3 Å². The highest BCUT2D eigenvalue weighted by Gasteiger charge is 2.25. The third kappa shape index (κ3) is 3.80. The van der Waals surface area contributed by atoms with E-state index in [0.29, 0.717) is 5.92 Å². The number of anilines is 1. The van der Waals surface area contributed by atoms with Gasteiger partial charge in [0.25, 0.3) is 6.01 Å². The SMILES string of the molecule is O=C(NCC1CCN(c2nc3ccccc3o2)CC1)C1CCCCC1. The highest BCUT2D eigenvalue weighted by atomic mass is 16.4. The zero-order chi connectivity index (χ0) is 17.1. The van der Waals surface area contributed by atoms with Crippen LogP contribution >= 0.6 is 0 Å². The second kappa shape index (κ2) is 7.46. The predicted octanol–water partition coefficient (Wildman–Crippen LogP) is 3.74. The van der Waals surface area contributed by atoms with Crippen LogP contribution in [-0.2, 0) is 4.79 Å². The average Bonchev–Trinajstić information content (AvgIpc) is 3.11. The second-order valence-corrected chi connectivity index (χ2v) is 7.47. The van der Waals surface area contributed by atoms with E-state index in [9.17, 15) is 4.79 Å². The minimum atomic E-state index is 0.258. The number of aromatic nitrogens is 1. The molecule has 0 atom stereocenters. The van der Waals surface area contributed by atoms with Crippen molar-refractivity contribution in [3.63, 3.8) is 0 Å². The van der Waals surface area contributed by atoms with Crippen LogP contribution in [0.2, 0.25) is 0 Å². The van der Waals surface area contributed by atoms with Gasteiger partial charge in [-0.15, -0.1) is 0 Å². The van der Waals surface area contributed by atoms with Crippen LogP contribution < -0.4 is 10.2 Å². The van der Waals surface area contributed by atoms with Crippen LogP contribution in [0.15, 0.2) is 28.7 Å². The maximum absolute atomic E-state index is 12.3. The van der Waals surface area contributed by atoms with Crippen LogP contribution in [-0.4, -0.2) is 30.5 Å². The fraction of sp³-hybridized carbons (Fsp3) is 0.600. The Morgan fingerprint density at radius 3 is 2.64 bits per heavy atom. The number of amides is 1. The van der Waals surface area contributed by atoms with Gasteiger partial charge < -0.3 is 14.6 Å². The molecule has 1 aromatic carbocycles. The zero-order valence-corrected chi connectivity index (χ0v) is 14.7. The monoisotopic (exact) mass is 341 g/mol. The van der Waals surface area contributed by atoms with Crippen LogP contribution in [0.25, 0.3) is 11.1 Å². The zero-order valence-electron chi connectivity index (χ0n) is 14.7. The minimum absolute atomic E-state index is 0.258. The molecule has 0 spiro atoms. The molecule has 1 saturated carbocycles. The van der Waals surface area contributed by atoms with Gasteiger partial charge >= 0.3 is 0 Å². The lowest BCUT2D eigenvalue weighted by Gasteiger charge is -2.31. The van der Waals surface area contributed by atoms with Crippen molar-refractivity contribution in [1.29, 1.82) is 0 Å². The topological polar surface area (TPSA) is 58.4 Å². The van der Waals surface area contributed by atoms with E-state index in [1.165, 1.54) is 19.3 Å². The summed E-state index contributed by atoms with van der Waals surface area (Å²) < 4.78 is 5.87. The molecule has 5 nitrogen and oxygen atoms in total. The molecule has 5 heteroatoms. The van der Waals surface area contributed by atoms with E-state index in [0.717, 1.165) is 62.4 Å². The van der Waals surface area contributed by atoms with Gasteiger partial charge in [0.15, 0.2) is 5.58 Å². The standard InChI is InChI=1S/C20H27N3O2/c24-19(16-6-2-1-3-7-16)21-14-15-10-12-23(13-11-15)20-22-17-8-4-5-9-18(17)25-20/h4-5,8-9,15-16H,1-3,6-7,10-14H2,(H,21,24). The first-order valence-corrected chi connectivity index (χ1v) is 9.68. The maximum atomic E-state index is 12.3. The smallest absolute Gasteiger partial charge is 0.298 e. The lowest BCUT2D eigenvalue weighted by molar-refractivity contribution is -0.126. The third-order valence-corrected chi connectivity index (χ3v) is 5.71. The summed E-state index contributed by atoms with van der Waals surface area (Å²) >= 11 is 0. The highest BCUT2D eigenvalue weighted by Crippen LogP contribution is 2.27. The number of hydrogen-bond acceptors (Lipinski definition) is 4. The molecule has 134 valence electrons. The minimum Gasteiger partial charge on any atom is -0.423 e. The number of fused-ring (bicyclic) bond motifs is 1. The molecule has 2 fully saturated rings.